The second-order valence-electron chi connectivity index (χ2n) is 6.46. The fourth-order valence-corrected chi connectivity index (χ4v) is 2.84. The van der Waals surface area contributed by atoms with Gasteiger partial charge < -0.3 is 20.9 Å². The summed E-state index contributed by atoms with van der Waals surface area (Å²) in [5.41, 5.74) is 4.88. The molecular weight excluding hydrogens is 252 g/mol. The lowest BCUT2D eigenvalue weighted by Gasteiger charge is -2.36. The molecule has 0 aliphatic carbocycles. The van der Waals surface area contributed by atoms with Gasteiger partial charge in [0.2, 0.25) is 5.91 Å². The molecular formula is C15H32N4O. The van der Waals surface area contributed by atoms with Crippen LogP contribution in [-0.4, -0.2) is 68.1 Å². The number of unbranched alkanes of at least 4 members (excludes halogenated alkanes) is 1. The van der Waals surface area contributed by atoms with Crippen LogP contribution in [-0.2, 0) is 4.79 Å². The van der Waals surface area contributed by atoms with Gasteiger partial charge in [-0.3, -0.25) is 4.79 Å². The molecule has 118 valence electrons. The molecule has 1 rings (SSSR count). The summed E-state index contributed by atoms with van der Waals surface area (Å²) in [5, 5.41) is 3.04. The van der Waals surface area contributed by atoms with E-state index in [1.165, 1.54) is 25.9 Å². The SMILES string of the molecule is CNC(C)(CCCCN1CCCC(N(C)C)C1)C(N)=O. The molecule has 2 atom stereocenters. The van der Waals surface area contributed by atoms with Crippen molar-refractivity contribution in [2.24, 2.45) is 5.73 Å². The maximum absolute atomic E-state index is 11.4. The normalized spacial score (nSPS) is 23.8. The molecule has 1 aliphatic heterocycles. The van der Waals surface area contributed by atoms with Crippen molar-refractivity contribution >= 4 is 5.91 Å². The molecule has 5 heteroatoms. The van der Waals surface area contributed by atoms with Crippen LogP contribution in [0.5, 0.6) is 0 Å². The number of nitrogens with zero attached hydrogens (tertiary/aromatic N) is 2. The smallest absolute Gasteiger partial charge is 0.237 e. The van der Waals surface area contributed by atoms with E-state index in [1.54, 1.807) is 7.05 Å². The Morgan fingerprint density at radius 3 is 2.70 bits per heavy atom. The summed E-state index contributed by atoms with van der Waals surface area (Å²) >= 11 is 0. The molecule has 5 nitrogen and oxygen atoms in total. The van der Waals surface area contributed by atoms with Gasteiger partial charge in [-0.05, 0) is 73.3 Å². The third-order valence-electron chi connectivity index (χ3n) is 4.71. The second kappa shape index (κ2) is 7.96. The van der Waals surface area contributed by atoms with Crippen LogP contribution in [0.25, 0.3) is 0 Å². The Balaban J connectivity index is 2.25. The molecule has 0 bridgehead atoms. The lowest BCUT2D eigenvalue weighted by atomic mass is 9.94. The third kappa shape index (κ3) is 5.04. The molecule has 1 aliphatic rings. The number of nitrogens with one attached hydrogen (secondary N) is 1. The van der Waals surface area contributed by atoms with Gasteiger partial charge >= 0.3 is 0 Å². The number of carbonyl (C=O) groups excluding carboxylic acids is 1. The highest BCUT2D eigenvalue weighted by molar-refractivity contribution is 5.84. The minimum absolute atomic E-state index is 0.259. The van der Waals surface area contributed by atoms with Crippen molar-refractivity contribution in [3.8, 4) is 0 Å². The zero-order valence-electron chi connectivity index (χ0n) is 13.6. The van der Waals surface area contributed by atoms with Gasteiger partial charge in [0, 0.05) is 12.6 Å². The first-order chi connectivity index (χ1) is 9.39. The first-order valence-electron chi connectivity index (χ1n) is 7.76. The number of primary amides is 1. The summed E-state index contributed by atoms with van der Waals surface area (Å²) in [4.78, 5) is 16.3. The maximum atomic E-state index is 11.4. The number of piperidine rings is 1. The van der Waals surface area contributed by atoms with Crippen molar-refractivity contribution in [3.63, 3.8) is 0 Å². The molecule has 1 heterocycles. The molecule has 3 N–H and O–H groups in total. The van der Waals surface area contributed by atoms with Gasteiger partial charge in [0.25, 0.3) is 0 Å². The first kappa shape index (κ1) is 17.4. The number of likely N-dealkylation sites (N-methyl/N-ethyl adjacent to an activating group) is 2. The molecule has 20 heavy (non-hydrogen) atoms. The summed E-state index contributed by atoms with van der Waals surface area (Å²) in [6.07, 6.45) is 5.57. The van der Waals surface area contributed by atoms with Gasteiger partial charge in [0.1, 0.15) is 0 Å². The predicted molar refractivity (Wildman–Crippen MR) is 83.7 cm³/mol. The highest BCUT2D eigenvalue weighted by atomic mass is 16.1. The summed E-state index contributed by atoms with van der Waals surface area (Å²) in [6.45, 7) is 5.40. The molecule has 0 saturated carbocycles. The van der Waals surface area contributed by atoms with Crippen molar-refractivity contribution in [2.45, 2.75) is 50.6 Å². The number of nitrogens with two attached hydrogens (primary N) is 1. The van der Waals surface area contributed by atoms with E-state index in [0.29, 0.717) is 6.04 Å². The molecule has 0 aromatic rings. The largest absolute Gasteiger partial charge is 0.368 e. The summed E-state index contributed by atoms with van der Waals surface area (Å²) < 4.78 is 0. The second-order valence-corrected chi connectivity index (χ2v) is 6.46. The summed E-state index contributed by atoms with van der Waals surface area (Å²) in [6, 6.07) is 0.692. The number of hydrogen-bond donors (Lipinski definition) is 2. The van der Waals surface area contributed by atoms with Crippen LogP contribution in [0.2, 0.25) is 0 Å². The quantitative estimate of drug-likeness (QED) is 0.642. The monoisotopic (exact) mass is 284 g/mol. The van der Waals surface area contributed by atoms with Crippen LogP contribution in [0, 0.1) is 0 Å². The van der Waals surface area contributed by atoms with E-state index < -0.39 is 5.54 Å². The van der Waals surface area contributed by atoms with Crippen LogP contribution < -0.4 is 11.1 Å². The van der Waals surface area contributed by atoms with E-state index in [0.717, 1.165) is 25.8 Å². The fraction of sp³-hybridized carbons (Fsp3) is 0.933. The van der Waals surface area contributed by atoms with Crippen LogP contribution in [0.15, 0.2) is 0 Å². The molecule has 0 spiro atoms. The molecule has 0 radical (unpaired) electrons. The summed E-state index contributed by atoms with van der Waals surface area (Å²) in [7, 11) is 6.13. The van der Waals surface area contributed by atoms with Crippen LogP contribution in [0.3, 0.4) is 0 Å². The molecule has 0 aromatic heterocycles. The number of amides is 1. The zero-order valence-corrected chi connectivity index (χ0v) is 13.6. The van der Waals surface area contributed by atoms with Gasteiger partial charge in [0.15, 0.2) is 0 Å². The highest BCUT2D eigenvalue weighted by Gasteiger charge is 2.28. The Hall–Kier alpha value is -0.650. The standard InChI is InChI=1S/C15H32N4O/c1-15(17-2,14(16)20)9-5-6-10-19-11-7-8-13(12-19)18(3)4/h13,17H,5-12H2,1-4H3,(H2,16,20). The van der Waals surface area contributed by atoms with Gasteiger partial charge in [0.05, 0.1) is 5.54 Å². The molecule has 1 amide bonds. The topological polar surface area (TPSA) is 61.6 Å². The van der Waals surface area contributed by atoms with Crippen molar-refractivity contribution in [1.82, 2.24) is 15.1 Å². The van der Waals surface area contributed by atoms with Crippen LogP contribution >= 0.6 is 0 Å². The zero-order chi connectivity index (χ0) is 15.2. The van der Waals surface area contributed by atoms with E-state index in [2.05, 4.69) is 29.2 Å². The highest BCUT2D eigenvalue weighted by Crippen LogP contribution is 2.16. The number of likely N-dealkylation sites (tertiary alicyclic amines) is 1. The lowest BCUT2D eigenvalue weighted by Crippen LogP contribution is -2.51. The first-order valence-corrected chi connectivity index (χ1v) is 7.76. The molecule has 0 aromatic carbocycles. The lowest BCUT2D eigenvalue weighted by molar-refractivity contribution is -0.123. The van der Waals surface area contributed by atoms with E-state index in [-0.39, 0.29) is 5.91 Å². The minimum Gasteiger partial charge on any atom is -0.368 e. The average molecular weight is 284 g/mol. The van der Waals surface area contributed by atoms with Crippen molar-refractivity contribution in [2.75, 3.05) is 40.8 Å². The summed E-state index contributed by atoms with van der Waals surface area (Å²) in [5.74, 6) is -0.259. The average Bonchev–Trinajstić information content (AvgIpc) is 2.43. The number of hydrogen-bond acceptors (Lipinski definition) is 4. The van der Waals surface area contributed by atoms with Crippen molar-refractivity contribution in [3.05, 3.63) is 0 Å². The number of carbonyl (C=O) groups is 1. The van der Waals surface area contributed by atoms with E-state index >= 15 is 0 Å². The maximum Gasteiger partial charge on any atom is 0.237 e. The Labute approximate surface area is 123 Å². The van der Waals surface area contributed by atoms with E-state index in [9.17, 15) is 4.79 Å². The Bertz CT molecular complexity index is 308. The van der Waals surface area contributed by atoms with Gasteiger partial charge in [-0.2, -0.15) is 0 Å². The van der Waals surface area contributed by atoms with Gasteiger partial charge in [-0.15, -0.1) is 0 Å². The van der Waals surface area contributed by atoms with Crippen LogP contribution in [0.1, 0.15) is 39.0 Å². The van der Waals surface area contributed by atoms with Gasteiger partial charge in [-0.25, -0.2) is 0 Å². The van der Waals surface area contributed by atoms with Crippen LogP contribution in [0.4, 0.5) is 0 Å². The van der Waals surface area contributed by atoms with Crippen molar-refractivity contribution < 1.29 is 4.79 Å². The molecule has 1 saturated heterocycles. The van der Waals surface area contributed by atoms with E-state index in [1.807, 2.05) is 6.92 Å². The fourth-order valence-electron chi connectivity index (χ4n) is 2.84. The predicted octanol–water partition coefficient (Wildman–Crippen LogP) is 0.646. The number of rotatable bonds is 8. The van der Waals surface area contributed by atoms with Crippen molar-refractivity contribution in [1.29, 1.82) is 0 Å². The van der Waals surface area contributed by atoms with Gasteiger partial charge in [-0.1, -0.05) is 0 Å². The Morgan fingerprint density at radius 2 is 2.15 bits per heavy atom. The van der Waals surface area contributed by atoms with E-state index in [4.69, 9.17) is 5.73 Å². The Morgan fingerprint density at radius 1 is 1.45 bits per heavy atom. The minimum atomic E-state index is -0.561. The third-order valence-corrected chi connectivity index (χ3v) is 4.71. The molecule has 1 fully saturated rings. The Kier molecular flexibility index (Phi) is 6.92. The molecule has 2 unspecified atom stereocenters.